The smallest absolute Gasteiger partial charge is 0.308 e. The number of amides is 2. The van der Waals surface area contributed by atoms with Crippen molar-refractivity contribution in [3.05, 3.63) is 131 Å². The highest BCUT2D eigenvalue weighted by Gasteiger charge is 2.36. The van der Waals surface area contributed by atoms with E-state index in [-0.39, 0.29) is 12.1 Å². The van der Waals surface area contributed by atoms with Gasteiger partial charge in [0.15, 0.2) is 0 Å². The van der Waals surface area contributed by atoms with Gasteiger partial charge in [-0.15, -0.1) is 0 Å². The molecule has 0 saturated heterocycles. The van der Waals surface area contributed by atoms with Crippen molar-refractivity contribution in [1.29, 1.82) is 0 Å². The van der Waals surface area contributed by atoms with Crippen LogP contribution in [0.4, 0.5) is 10.5 Å². The van der Waals surface area contributed by atoms with Gasteiger partial charge in [0.2, 0.25) is 0 Å². The molecule has 1 aliphatic rings. The molecule has 38 heavy (non-hydrogen) atoms. The second-order valence-corrected chi connectivity index (χ2v) is 9.84. The lowest BCUT2D eigenvalue weighted by Crippen LogP contribution is -2.38. The van der Waals surface area contributed by atoms with E-state index in [1.165, 1.54) is 0 Å². The number of aryl methyl sites for hydroxylation is 3. The summed E-state index contributed by atoms with van der Waals surface area (Å²) in [5.74, 6) is 0.982. The molecular weight excluding hydrogens is 470 g/mol. The zero-order chi connectivity index (χ0) is 26.2. The molecule has 1 atom stereocenters. The molecule has 0 aliphatic carbocycles. The molecule has 6 rings (SSSR count). The summed E-state index contributed by atoms with van der Waals surface area (Å²) in [5.41, 5.74) is 8.09. The first-order chi connectivity index (χ1) is 18.5. The minimum Gasteiger partial charge on any atom is -0.308 e. The van der Waals surface area contributed by atoms with Gasteiger partial charge in [0, 0.05) is 17.4 Å². The standard InChI is InChI=1S/C32H31N5O/c1-4-27-26-21-36(32(38)33-28-20-22(2)17-18-23(28)3)30(24-12-7-5-8-13-24)29-16-11-19-35(29)31(26)37(34-27)25-14-9-6-10-15-25/h5-20,30H,4,21H2,1-3H3,(H,33,38)/t30-/m0/s1. The molecule has 5 aromatic rings. The van der Waals surface area contributed by atoms with Gasteiger partial charge in [-0.3, -0.25) is 0 Å². The molecule has 0 fully saturated rings. The number of anilines is 1. The molecule has 1 N–H and O–H groups in total. The van der Waals surface area contributed by atoms with Crippen molar-refractivity contribution >= 4 is 11.7 Å². The predicted molar refractivity (Wildman–Crippen MR) is 151 cm³/mol. The SMILES string of the molecule is CCc1nn(-c2ccccc2)c2c1CN(C(=O)Nc1cc(C)ccc1C)[C@@H](c1ccccc1)c1cccn1-2. The highest BCUT2D eigenvalue weighted by molar-refractivity contribution is 5.91. The topological polar surface area (TPSA) is 55.1 Å². The number of rotatable bonds is 4. The fraction of sp³-hybridized carbons (Fsp3) is 0.188. The number of benzene rings is 3. The average molecular weight is 502 g/mol. The summed E-state index contributed by atoms with van der Waals surface area (Å²) in [6.45, 7) is 6.62. The van der Waals surface area contributed by atoms with Crippen LogP contribution in [0.5, 0.6) is 0 Å². The summed E-state index contributed by atoms with van der Waals surface area (Å²) in [6.07, 6.45) is 2.85. The second kappa shape index (κ2) is 9.71. The van der Waals surface area contributed by atoms with Crippen LogP contribution in [-0.2, 0) is 13.0 Å². The lowest BCUT2D eigenvalue weighted by molar-refractivity contribution is 0.194. The lowest BCUT2D eigenvalue weighted by atomic mass is 10.0. The average Bonchev–Trinajstić information content (AvgIpc) is 3.52. The van der Waals surface area contributed by atoms with Gasteiger partial charge in [0.05, 0.1) is 29.7 Å². The number of urea groups is 1. The zero-order valence-electron chi connectivity index (χ0n) is 21.9. The van der Waals surface area contributed by atoms with Gasteiger partial charge >= 0.3 is 6.03 Å². The Balaban J connectivity index is 1.55. The minimum absolute atomic E-state index is 0.136. The van der Waals surface area contributed by atoms with Crippen LogP contribution in [0.25, 0.3) is 11.5 Å². The highest BCUT2D eigenvalue weighted by Crippen LogP contribution is 2.39. The van der Waals surface area contributed by atoms with Gasteiger partial charge < -0.3 is 14.8 Å². The Labute approximate surface area is 223 Å². The van der Waals surface area contributed by atoms with Crippen LogP contribution in [0.15, 0.2) is 97.2 Å². The molecule has 0 spiro atoms. The van der Waals surface area contributed by atoms with E-state index in [9.17, 15) is 4.79 Å². The third-order valence-electron chi connectivity index (χ3n) is 7.31. The molecule has 3 aromatic carbocycles. The normalized spacial score (nSPS) is 14.5. The molecule has 1 aliphatic heterocycles. The van der Waals surface area contributed by atoms with Crippen molar-refractivity contribution in [3.8, 4) is 11.5 Å². The van der Waals surface area contributed by atoms with E-state index < -0.39 is 0 Å². The Hall–Kier alpha value is -4.58. The summed E-state index contributed by atoms with van der Waals surface area (Å²) >= 11 is 0. The highest BCUT2D eigenvalue weighted by atomic mass is 16.2. The van der Waals surface area contributed by atoms with Gasteiger partial charge in [0.1, 0.15) is 5.82 Å². The second-order valence-electron chi connectivity index (χ2n) is 9.84. The Kier molecular flexibility index (Phi) is 6.08. The fourth-order valence-electron chi connectivity index (χ4n) is 5.39. The van der Waals surface area contributed by atoms with Crippen LogP contribution in [0.3, 0.4) is 0 Å². The molecule has 6 nitrogen and oxygen atoms in total. The quantitative estimate of drug-likeness (QED) is 0.289. The number of hydrogen-bond acceptors (Lipinski definition) is 2. The number of carbonyl (C=O) groups is 1. The van der Waals surface area contributed by atoms with Gasteiger partial charge in [-0.05, 0) is 67.3 Å². The van der Waals surface area contributed by atoms with Crippen LogP contribution in [0, 0.1) is 13.8 Å². The van der Waals surface area contributed by atoms with Gasteiger partial charge in [-0.1, -0.05) is 67.6 Å². The number of hydrogen-bond donors (Lipinski definition) is 1. The molecular formula is C32H31N5O. The van der Waals surface area contributed by atoms with Gasteiger partial charge in [-0.2, -0.15) is 5.10 Å². The van der Waals surface area contributed by atoms with E-state index in [1.807, 2.05) is 72.0 Å². The Morgan fingerprint density at radius 2 is 1.68 bits per heavy atom. The number of fused-ring (bicyclic) bond motifs is 3. The lowest BCUT2D eigenvalue weighted by Gasteiger charge is -2.31. The van der Waals surface area contributed by atoms with Crippen LogP contribution in [0.2, 0.25) is 0 Å². The van der Waals surface area contributed by atoms with Crippen molar-refractivity contribution in [2.75, 3.05) is 5.32 Å². The van der Waals surface area contributed by atoms with Gasteiger partial charge in [0.25, 0.3) is 0 Å². The molecule has 2 amide bonds. The van der Waals surface area contributed by atoms with E-state index in [2.05, 4.69) is 65.5 Å². The molecule has 2 aromatic heterocycles. The van der Waals surface area contributed by atoms with Gasteiger partial charge in [-0.25, -0.2) is 9.48 Å². The van der Waals surface area contributed by atoms with E-state index in [0.29, 0.717) is 6.54 Å². The monoisotopic (exact) mass is 501 g/mol. The van der Waals surface area contributed by atoms with Crippen LogP contribution in [0.1, 0.15) is 46.6 Å². The van der Waals surface area contributed by atoms with E-state index in [4.69, 9.17) is 5.10 Å². The summed E-state index contributed by atoms with van der Waals surface area (Å²) in [7, 11) is 0. The van der Waals surface area contributed by atoms with Crippen molar-refractivity contribution in [2.24, 2.45) is 0 Å². The maximum absolute atomic E-state index is 14.2. The number of para-hydroxylation sites is 1. The molecule has 0 unspecified atom stereocenters. The minimum atomic E-state index is -0.280. The number of nitrogens with one attached hydrogen (secondary N) is 1. The zero-order valence-corrected chi connectivity index (χ0v) is 21.9. The van der Waals surface area contributed by atoms with Crippen LogP contribution >= 0.6 is 0 Å². The maximum atomic E-state index is 14.2. The Bertz CT molecular complexity index is 1600. The van der Waals surface area contributed by atoms with E-state index >= 15 is 0 Å². The number of nitrogens with zero attached hydrogens (tertiary/aromatic N) is 4. The molecule has 190 valence electrons. The number of carbonyl (C=O) groups excluding carboxylic acids is 1. The first kappa shape index (κ1) is 23.8. The largest absolute Gasteiger partial charge is 0.322 e. The van der Waals surface area contributed by atoms with Crippen LogP contribution < -0.4 is 5.32 Å². The van der Waals surface area contributed by atoms with Crippen molar-refractivity contribution < 1.29 is 4.79 Å². The third-order valence-corrected chi connectivity index (χ3v) is 7.31. The molecule has 0 bridgehead atoms. The first-order valence-corrected chi connectivity index (χ1v) is 13.1. The molecule has 0 radical (unpaired) electrons. The third kappa shape index (κ3) is 4.08. The van der Waals surface area contributed by atoms with E-state index in [0.717, 1.165) is 57.3 Å². The predicted octanol–water partition coefficient (Wildman–Crippen LogP) is 6.98. The van der Waals surface area contributed by atoms with Crippen molar-refractivity contribution in [1.82, 2.24) is 19.2 Å². The van der Waals surface area contributed by atoms with Crippen molar-refractivity contribution in [2.45, 2.75) is 39.8 Å². The summed E-state index contributed by atoms with van der Waals surface area (Å²) in [5, 5.41) is 8.27. The number of aromatic nitrogens is 3. The van der Waals surface area contributed by atoms with Crippen molar-refractivity contribution in [3.63, 3.8) is 0 Å². The fourth-order valence-corrected chi connectivity index (χ4v) is 5.39. The summed E-state index contributed by atoms with van der Waals surface area (Å²) in [6, 6.07) is 30.4. The van der Waals surface area contributed by atoms with E-state index in [1.54, 1.807) is 0 Å². The first-order valence-electron chi connectivity index (χ1n) is 13.1. The summed E-state index contributed by atoms with van der Waals surface area (Å²) < 4.78 is 4.23. The molecule has 0 saturated carbocycles. The Morgan fingerprint density at radius 1 is 0.947 bits per heavy atom. The van der Waals surface area contributed by atoms with Crippen LogP contribution in [-0.4, -0.2) is 25.3 Å². The summed E-state index contributed by atoms with van der Waals surface area (Å²) in [4.78, 5) is 16.1. The maximum Gasteiger partial charge on any atom is 0.322 e. The Morgan fingerprint density at radius 3 is 2.42 bits per heavy atom. The molecule has 6 heteroatoms. The molecule has 3 heterocycles.